The van der Waals surface area contributed by atoms with Crippen molar-refractivity contribution in [2.75, 3.05) is 24.2 Å². The average Bonchev–Trinajstić information content (AvgIpc) is 3.12. The smallest absolute Gasteiger partial charge is 0.307 e. The number of likely N-dealkylation sites (tertiary alicyclic amines) is 1. The van der Waals surface area contributed by atoms with Gasteiger partial charge < -0.3 is 5.32 Å². The summed E-state index contributed by atoms with van der Waals surface area (Å²) in [4.78, 5) is 14.9. The van der Waals surface area contributed by atoms with Crippen LogP contribution in [-0.4, -0.2) is 43.7 Å². The summed E-state index contributed by atoms with van der Waals surface area (Å²) in [5.74, 6) is 0.0262. The van der Waals surface area contributed by atoms with Crippen LogP contribution in [0.15, 0.2) is 6.07 Å². The van der Waals surface area contributed by atoms with Crippen LogP contribution in [0.25, 0.3) is 0 Å². The van der Waals surface area contributed by atoms with E-state index in [1.807, 2.05) is 0 Å². The summed E-state index contributed by atoms with van der Waals surface area (Å²) in [6.07, 6.45) is 10.3. The van der Waals surface area contributed by atoms with Crippen molar-refractivity contribution in [2.24, 2.45) is 0 Å². The lowest BCUT2D eigenvalue weighted by atomic mass is 9.99. The highest BCUT2D eigenvalue weighted by Crippen LogP contribution is 2.44. The molecule has 0 bridgehead atoms. The number of fused-ring (bicyclic) bond motifs is 2. The van der Waals surface area contributed by atoms with Gasteiger partial charge in [0.2, 0.25) is 10.0 Å². The number of nitrogens with one attached hydrogen (secondary N) is 2. The molecular weight excluding hydrogens is 374 g/mol. The van der Waals surface area contributed by atoms with Gasteiger partial charge in [0.15, 0.2) is 0 Å². The van der Waals surface area contributed by atoms with Crippen LogP contribution in [0.3, 0.4) is 0 Å². The molecule has 28 heavy (non-hydrogen) atoms. The summed E-state index contributed by atoms with van der Waals surface area (Å²) in [6, 6.07) is 1.70. The molecule has 1 heterocycles. The molecule has 0 unspecified atom stereocenters. The molecule has 152 valence electrons. The van der Waals surface area contributed by atoms with Crippen LogP contribution < -0.4 is 10.0 Å². The Morgan fingerprint density at radius 3 is 2.14 bits per heavy atom. The Bertz CT molecular complexity index is 883. The molecule has 7 heteroatoms. The minimum absolute atomic E-state index is 0.0262. The number of carbonyl (C=O) groups is 1. The Morgan fingerprint density at radius 2 is 1.57 bits per heavy atom. The fraction of sp³-hybridized carbons (Fsp3) is 0.667. The van der Waals surface area contributed by atoms with Crippen molar-refractivity contribution in [1.82, 2.24) is 9.62 Å². The quantitative estimate of drug-likeness (QED) is 0.792. The van der Waals surface area contributed by atoms with Gasteiger partial charge >= 0.3 is 6.03 Å². The van der Waals surface area contributed by atoms with Gasteiger partial charge in [0, 0.05) is 11.2 Å². The number of amides is 2. The fourth-order valence-electron chi connectivity index (χ4n) is 5.52. The Morgan fingerprint density at radius 1 is 0.964 bits per heavy atom. The molecule has 0 radical (unpaired) electrons. The van der Waals surface area contributed by atoms with Gasteiger partial charge in [0.1, 0.15) is 0 Å². The maximum atomic E-state index is 12.7. The van der Waals surface area contributed by atoms with E-state index in [1.54, 1.807) is 0 Å². The number of aryl methyl sites for hydroxylation is 2. The molecule has 1 saturated carbocycles. The number of sulfonamides is 1. The first-order valence-corrected chi connectivity index (χ1v) is 12.3. The van der Waals surface area contributed by atoms with Crippen molar-refractivity contribution in [1.29, 1.82) is 0 Å². The zero-order valence-electron chi connectivity index (χ0n) is 16.3. The second-order valence-electron chi connectivity index (χ2n) is 8.97. The van der Waals surface area contributed by atoms with E-state index >= 15 is 0 Å². The zero-order valence-corrected chi connectivity index (χ0v) is 17.2. The van der Waals surface area contributed by atoms with E-state index in [0.29, 0.717) is 0 Å². The average molecular weight is 404 g/mol. The highest BCUT2D eigenvalue weighted by Gasteiger charge is 2.51. The van der Waals surface area contributed by atoms with Crippen LogP contribution in [0.2, 0.25) is 0 Å². The van der Waals surface area contributed by atoms with E-state index in [0.717, 1.165) is 83.0 Å². The molecule has 0 aromatic heterocycles. The van der Waals surface area contributed by atoms with E-state index in [-0.39, 0.29) is 11.3 Å². The minimum Gasteiger partial charge on any atom is -0.307 e. The lowest BCUT2D eigenvalue weighted by Crippen LogP contribution is -2.46. The number of hydrogen-bond acceptors (Lipinski definition) is 4. The van der Waals surface area contributed by atoms with E-state index in [4.69, 9.17) is 0 Å². The predicted octanol–water partition coefficient (Wildman–Crippen LogP) is 2.74. The van der Waals surface area contributed by atoms with Gasteiger partial charge in [0.05, 0.1) is 5.75 Å². The summed E-state index contributed by atoms with van der Waals surface area (Å²) >= 11 is 0. The number of rotatable bonds is 5. The van der Waals surface area contributed by atoms with Crippen molar-refractivity contribution in [3.8, 4) is 0 Å². The molecule has 0 spiro atoms. The number of urea groups is 1. The van der Waals surface area contributed by atoms with Crippen LogP contribution in [0.1, 0.15) is 60.8 Å². The Hall–Kier alpha value is -1.60. The molecule has 0 atom stereocenters. The summed E-state index contributed by atoms with van der Waals surface area (Å²) in [6.45, 7) is 1.95. The molecule has 1 aromatic carbocycles. The van der Waals surface area contributed by atoms with E-state index < -0.39 is 16.1 Å². The normalized spacial score (nSPS) is 22.7. The SMILES string of the molecule is O=C(Nc1c2c(cc3c1CCC3)CCC2)NS(=O)(=O)CC1(N2CCCC2)CC1. The fourth-order valence-corrected chi connectivity index (χ4v) is 7.11. The first-order valence-electron chi connectivity index (χ1n) is 10.7. The number of nitrogens with zero attached hydrogens (tertiary/aromatic N) is 1. The number of anilines is 1. The van der Waals surface area contributed by atoms with Gasteiger partial charge in [-0.05, 0) is 99.6 Å². The molecule has 3 aliphatic carbocycles. The number of benzene rings is 1. The lowest BCUT2D eigenvalue weighted by Gasteiger charge is -2.27. The van der Waals surface area contributed by atoms with Crippen molar-refractivity contribution in [3.05, 3.63) is 28.3 Å². The molecule has 2 N–H and O–H groups in total. The third-order valence-electron chi connectivity index (χ3n) is 7.02. The van der Waals surface area contributed by atoms with Crippen LogP contribution in [0.5, 0.6) is 0 Å². The first kappa shape index (κ1) is 18.4. The van der Waals surface area contributed by atoms with E-state index in [2.05, 4.69) is 21.0 Å². The van der Waals surface area contributed by atoms with Gasteiger partial charge in [-0.15, -0.1) is 0 Å². The molecule has 2 fully saturated rings. The zero-order chi connectivity index (χ0) is 19.4. The molecule has 5 rings (SSSR count). The second-order valence-corrected chi connectivity index (χ2v) is 10.7. The Kier molecular flexibility index (Phi) is 4.43. The molecule has 2 amide bonds. The monoisotopic (exact) mass is 403 g/mol. The Labute approximate surface area is 167 Å². The standard InChI is InChI=1S/C21H29N3O3S/c25-20(23-28(26,27)14-21(9-10-21)24-11-1-2-12-24)22-19-17-7-3-5-15(17)13-16-6-4-8-18(16)19/h13H,1-12,14H2,(H2,22,23,25). The third-order valence-corrected chi connectivity index (χ3v) is 8.44. The van der Waals surface area contributed by atoms with Gasteiger partial charge in [-0.3, -0.25) is 4.90 Å². The Balaban J connectivity index is 1.31. The van der Waals surface area contributed by atoms with Crippen LogP contribution in [0.4, 0.5) is 10.5 Å². The molecular formula is C21H29N3O3S. The molecule has 1 aromatic rings. The summed E-state index contributed by atoms with van der Waals surface area (Å²) in [5, 5.41) is 2.93. The molecule has 4 aliphatic rings. The van der Waals surface area contributed by atoms with Crippen molar-refractivity contribution >= 4 is 21.7 Å². The number of hydrogen-bond donors (Lipinski definition) is 2. The van der Waals surface area contributed by atoms with Crippen LogP contribution in [0, 0.1) is 0 Å². The van der Waals surface area contributed by atoms with Crippen molar-refractivity contribution < 1.29 is 13.2 Å². The third kappa shape index (κ3) is 3.32. The summed E-state index contributed by atoms with van der Waals surface area (Å²) in [5.41, 5.74) is 5.72. The highest BCUT2D eigenvalue weighted by molar-refractivity contribution is 7.90. The summed E-state index contributed by atoms with van der Waals surface area (Å²) in [7, 11) is -3.67. The maximum absolute atomic E-state index is 12.7. The largest absolute Gasteiger partial charge is 0.332 e. The second kappa shape index (κ2) is 6.73. The predicted molar refractivity (Wildman–Crippen MR) is 109 cm³/mol. The molecule has 6 nitrogen and oxygen atoms in total. The molecule has 1 saturated heterocycles. The van der Waals surface area contributed by atoms with E-state index in [9.17, 15) is 13.2 Å². The van der Waals surface area contributed by atoms with Gasteiger partial charge in [-0.25, -0.2) is 17.9 Å². The van der Waals surface area contributed by atoms with Gasteiger partial charge in [-0.2, -0.15) is 0 Å². The van der Waals surface area contributed by atoms with Crippen LogP contribution in [-0.2, 0) is 35.7 Å². The van der Waals surface area contributed by atoms with Gasteiger partial charge in [0.25, 0.3) is 0 Å². The van der Waals surface area contributed by atoms with Gasteiger partial charge in [-0.1, -0.05) is 6.07 Å². The minimum atomic E-state index is -3.67. The lowest BCUT2D eigenvalue weighted by molar-refractivity contribution is 0.240. The van der Waals surface area contributed by atoms with E-state index in [1.165, 1.54) is 22.3 Å². The number of carbonyl (C=O) groups excluding carboxylic acids is 1. The van der Waals surface area contributed by atoms with Crippen molar-refractivity contribution in [2.45, 2.75) is 69.7 Å². The highest BCUT2D eigenvalue weighted by atomic mass is 32.2. The molecule has 1 aliphatic heterocycles. The topological polar surface area (TPSA) is 78.5 Å². The van der Waals surface area contributed by atoms with Crippen molar-refractivity contribution in [3.63, 3.8) is 0 Å². The first-order chi connectivity index (χ1) is 13.5. The summed E-state index contributed by atoms with van der Waals surface area (Å²) < 4.78 is 27.7. The van der Waals surface area contributed by atoms with Crippen LogP contribution >= 0.6 is 0 Å². The maximum Gasteiger partial charge on any atom is 0.332 e.